The van der Waals surface area contributed by atoms with Crippen LogP contribution in [0.25, 0.3) is 0 Å². The second-order valence-electron chi connectivity index (χ2n) is 4.23. The van der Waals surface area contributed by atoms with Crippen LogP contribution in [0, 0.1) is 5.82 Å². The molecule has 20 heavy (non-hydrogen) atoms. The van der Waals surface area contributed by atoms with Gasteiger partial charge in [-0.15, -0.1) is 0 Å². The second-order valence-corrected chi connectivity index (χ2v) is 5.09. The Morgan fingerprint density at radius 1 is 1.15 bits per heavy atom. The summed E-state index contributed by atoms with van der Waals surface area (Å²) in [6.07, 6.45) is 0. The molecule has 0 radical (unpaired) electrons. The van der Waals surface area contributed by atoms with Crippen LogP contribution in [-0.2, 0) is 11.3 Å². The highest BCUT2D eigenvalue weighted by Crippen LogP contribution is 2.17. The molecule has 2 aromatic carbocycles. The van der Waals surface area contributed by atoms with E-state index in [4.69, 9.17) is 0 Å². The molecule has 0 aliphatic heterocycles. The SMILES string of the molecule is O=C(CNc1ccccc1)NCc1cc(F)ccc1Br. The molecule has 0 unspecified atom stereocenters. The summed E-state index contributed by atoms with van der Waals surface area (Å²) < 4.78 is 13.9. The molecule has 5 heteroatoms. The number of anilines is 1. The maximum absolute atomic E-state index is 13.1. The van der Waals surface area contributed by atoms with Gasteiger partial charge in [0, 0.05) is 16.7 Å². The van der Waals surface area contributed by atoms with E-state index < -0.39 is 0 Å². The van der Waals surface area contributed by atoms with Gasteiger partial charge in [0.1, 0.15) is 5.82 Å². The quantitative estimate of drug-likeness (QED) is 0.879. The Kier molecular flexibility index (Phi) is 5.12. The molecule has 0 spiro atoms. The molecule has 0 heterocycles. The van der Waals surface area contributed by atoms with Gasteiger partial charge in [0.25, 0.3) is 0 Å². The third-order valence-corrected chi connectivity index (χ3v) is 3.48. The summed E-state index contributed by atoms with van der Waals surface area (Å²) >= 11 is 3.32. The van der Waals surface area contributed by atoms with Crippen molar-refractivity contribution in [3.8, 4) is 0 Å². The van der Waals surface area contributed by atoms with Gasteiger partial charge in [-0.1, -0.05) is 34.1 Å². The van der Waals surface area contributed by atoms with Crippen LogP contribution in [0.4, 0.5) is 10.1 Å². The van der Waals surface area contributed by atoms with E-state index in [1.165, 1.54) is 12.1 Å². The van der Waals surface area contributed by atoms with Crippen molar-refractivity contribution in [3.63, 3.8) is 0 Å². The molecule has 0 saturated carbocycles. The molecule has 0 atom stereocenters. The van der Waals surface area contributed by atoms with Crippen molar-refractivity contribution < 1.29 is 9.18 Å². The number of rotatable bonds is 5. The summed E-state index contributed by atoms with van der Waals surface area (Å²) in [4.78, 5) is 11.7. The topological polar surface area (TPSA) is 41.1 Å². The fourth-order valence-corrected chi connectivity index (χ4v) is 2.06. The zero-order valence-electron chi connectivity index (χ0n) is 10.7. The molecule has 0 saturated heterocycles. The molecule has 0 fully saturated rings. The lowest BCUT2D eigenvalue weighted by Gasteiger charge is -2.09. The normalized spacial score (nSPS) is 10.1. The zero-order valence-corrected chi connectivity index (χ0v) is 12.3. The van der Waals surface area contributed by atoms with Crippen molar-refractivity contribution in [3.05, 3.63) is 64.4 Å². The minimum atomic E-state index is -0.320. The fourth-order valence-electron chi connectivity index (χ4n) is 1.67. The van der Waals surface area contributed by atoms with Crippen molar-refractivity contribution in [1.29, 1.82) is 0 Å². The predicted octanol–water partition coefficient (Wildman–Crippen LogP) is 3.32. The van der Waals surface area contributed by atoms with Crippen LogP contribution in [0.3, 0.4) is 0 Å². The Hall–Kier alpha value is -1.88. The van der Waals surface area contributed by atoms with Crippen LogP contribution in [0.15, 0.2) is 53.0 Å². The van der Waals surface area contributed by atoms with Crippen LogP contribution in [0.5, 0.6) is 0 Å². The molecule has 2 N–H and O–H groups in total. The highest BCUT2D eigenvalue weighted by Gasteiger charge is 2.05. The Morgan fingerprint density at radius 3 is 2.65 bits per heavy atom. The van der Waals surface area contributed by atoms with Crippen molar-refractivity contribution in [1.82, 2.24) is 5.32 Å². The first-order valence-electron chi connectivity index (χ1n) is 6.15. The van der Waals surface area contributed by atoms with E-state index in [1.807, 2.05) is 30.3 Å². The van der Waals surface area contributed by atoms with Gasteiger partial charge >= 0.3 is 0 Å². The molecule has 0 aliphatic carbocycles. The number of nitrogens with one attached hydrogen (secondary N) is 2. The lowest BCUT2D eigenvalue weighted by Crippen LogP contribution is -2.29. The maximum atomic E-state index is 13.1. The number of halogens is 2. The van der Waals surface area contributed by atoms with Gasteiger partial charge in [-0.3, -0.25) is 4.79 Å². The molecule has 2 rings (SSSR count). The van der Waals surface area contributed by atoms with E-state index >= 15 is 0 Å². The number of benzene rings is 2. The van der Waals surface area contributed by atoms with E-state index in [9.17, 15) is 9.18 Å². The van der Waals surface area contributed by atoms with Crippen molar-refractivity contribution in [2.75, 3.05) is 11.9 Å². The molecule has 104 valence electrons. The molecule has 1 amide bonds. The van der Waals surface area contributed by atoms with Gasteiger partial charge in [-0.25, -0.2) is 4.39 Å². The summed E-state index contributed by atoms with van der Waals surface area (Å²) in [5.41, 5.74) is 1.59. The van der Waals surface area contributed by atoms with Crippen molar-refractivity contribution in [2.45, 2.75) is 6.54 Å². The summed E-state index contributed by atoms with van der Waals surface area (Å²) in [5, 5.41) is 5.75. The number of amides is 1. The third-order valence-electron chi connectivity index (χ3n) is 2.71. The smallest absolute Gasteiger partial charge is 0.239 e. The summed E-state index contributed by atoms with van der Waals surface area (Å²) in [7, 11) is 0. The van der Waals surface area contributed by atoms with E-state index in [0.29, 0.717) is 5.56 Å². The number of hydrogen-bond donors (Lipinski definition) is 2. The Balaban J connectivity index is 1.82. The Bertz CT molecular complexity index is 590. The van der Waals surface area contributed by atoms with Crippen LogP contribution in [-0.4, -0.2) is 12.5 Å². The van der Waals surface area contributed by atoms with Gasteiger partial charge in [0.05, 0.1) is 6.54 Å². The average molecular weight is 337 g/mol. The Morgan fingerprint density at radius 2 is 1.90 bits per heavy atom. The lowest BCUT2D eigenvalue weighted by atomic mass is 10.2. The van der Waals surface area contributed by atoms with Crippen molar-refractivity contribution in [2.24, 2.45) is 0 Å². The second kappa shape index (κ2) is 7.05. The first-order valence-corrected chi connectivity index (χ1v) is 6.94. The maximum Gasteiger partial charge on any atom is 0.239 e. The molecular weight excluding hydrogens is 323 g/mol. The first kappa shape index (κ1) is 14.5. The van der Waals surface area contributed by atoms with E-state index in [0.717, 1.165) is 10.2 Å². The number of carbonyl (C=O) groups excluding carboxylic acids is 1. The Labute approximate surface area is 125 Å². The van der Waals surface area contributed by atoms with Crippen LogP contribution >= 0.6 is 15.9 Å². The summed E-state index contributed by atoms with van der Waals surface area (Å²) in [5.74, 6) is -0.468. The molecule has 0 bridgehead atoms. The number of para-hydroxylation sites is 1. The third kappa shape index (κ3) is 4.35. The zero-order chi connectivity index (χ0) is 14.4. The standard InChI is InChI=1S/C15H14BrFN2O/c16-14-7-6-12(17)8-11(14)9-19-15(20)10-18-13-4-2-1-3-5-13/h1-8,18H,9-10H2,(H,19,20). The van der Waals surface area contributed by atoms with E-state index in [1.54, 1.807) is 6.07 Å². The van der Waals surface area contributed by atoms with Gasteiger partial charge in [0.15, 0.2) is 0 Å². The highest BCUT2D eigenvalue weighted by atomic mass is 79.9. The molecule has 0 aromatic heterocycles. The van der Waals surface area contributed by atoms with Gasteiger partial charge < -0.3 is 10.6 Å². The van der Waals surface area contributed by atoms with Crippen LogP contribution in [0.2, 0.25) is 0 Å². The first-order chi connectivity index (χ1) is 9.65. The lowest BCUT2D eigenvalue weighted by molar-refractivity contribution is -0.119. The highest BCUT2D eigenvalue weighted by molar-refractivity contribution is 9.10. The van der Waals surface area contributed by atoms with Gasteiger partial charge in [0.2, 0.25) is 5.91 Å². The van der Waals surface area contributed by atoms with E-state index in [2.05, 4.69) is 26.6 Å². The molecular formula is C15H14BrFN2O. The predicted molar refractivity (Wildman–Crippen MR) is 80.9 cm³/mol. The monoisotopic (exact) mass is 336 g/mol. The minimum absolute atomic E-state index is 0.148. The minimum Gasteiger partial charge on any atom is -0.376 e. The van der Waals surface area contributed by atoms with Gasteiger partial charge in [-0.2, -0.15) is 0 Å². The largest absolute Gasteiger partial charge is 0.376 e. The summed E-state index contributed by atoms with van der Waals surface area (Å²) in [6.45, 7) is 0.463. The average Bonchev–Trinajstić information content (AvgIpc) is 2.47. The molecule has 0 aliphatic rings. The molecule has 2 aromatic rings. The van der Waals surface area contributed by atoms with E-state index in [-0.39, 0.29) is 24.8 Å². The summed E-state index contributed by atoms with van der Waals surface area (Å²) in [6, 6.07) is 13.9. The number of carbonyl (C=O) groups is 1. The molecule has 3 nitrogen and oxygen atoms in total. The number of hydrogen-bond acceptors (Lipinski definition) is 2. The van der Waals surface area contributed by atoms with Crippen LogP contribution < -0.4 is 10.6 Å². The van der Waals surface area contributed by atoms with Gasteiger partial charge in [-0.05, 0) is 35.9 Å². The fraction of sp³-hybridized carbons (Fsp3) is 0.133. The van der Waals surface area contributed by atoms with Crippen molar-refractivity contribution >= 4 is 27.5 Å². The van der Waals surface area contributed by atoms with Crippen LogP contribution in [0.1, 0.15) is 5.56 Å².